The molecule has 23 heavy (non-hydrogen) atoms. The van der Waals surface area contributed by atoms with Gasteiger partial charge in [-0.05, 0) is 37.5 Å². The van der Waals surface area contributed by atoms with Crippen LogP contribution in [0.25, 0.3) is 0 Å². The number of carbonyl (C=O) groups excluding carboxylic acids is 1. The number of ether oxygens (including phenoxy) is 2. The van der Waals surface area contributed by atoms with Crippen LogP contribution in [0.5, 0.6) is 5.75 Å². The van der Waals surface area contributed by atoms with Crippen molar-refractivity contribution in [3.8, 4) is 5.75 Å². The average Bonchev–Trinajstić information content (AvgIpc) is 2.89. The van der Waals surface area contributed by atoms with Gasteiger partial charge < -0.3 is 14.8 Å². The van der Waals surface area contributed by atoms with Gasteiger partial charge in [-0.1, -0.05) is 0 Å². The Hall–Kier alpha value is -1.60. The first kappa shape index (κ1) is 17.7. The summed E-state index contributed by atoms with van der Waals surface area (Å²) >= 11 is 0. The molecule has 0 bridgehead atoms. The molecule has 1 fully saturated rings. The van der Waals surface area contributed by atoms with Gasteiger partial charge in [-0.25, -0.2) is 8.42 Å². The lowest BCUT2D eigenvalue weighted by atomic mass is 10.1. The number of amides is 1. The molecule has 1 aromatic rings. The van der Waals surface area contributed by atoms with Crippen LogP contribution in [0, 0.1) is 5.92 Å². The molecule has 7 heteroatoms. The molecule has 1 atom stereocenters. The summed E-state index contributed by atoms with van der Waals surface area (Å²) in [5, 5.41) is 2.81. The monoisotopic (exact) mass is 341 g/mol. The second-order valence-corrected chi connectivity index (χ2v) is 7.87. The van der Waals surface area contributed by atoms with Gasteiger partial charge in [-0.15, -0.1) is 0 Å². The van der Waals surface area contributed by atoms with Crippen molar-refractivity contribution >= 4 is 15.7 Å². The number of nitrogens with one attached hydrogen (secondary N) is 1. The first-order valence-electron chi connectivity index (χ1n) is 7.68. The van der Waals surface area contributed by atoms with Crippen molar-refractivity contribution in [2.24, 2.45) is 5.92 Å². The molecule has 128 valence electrons. The fraction of sp³-hybridized carbons (Fsp3) is 0.562. The number of benzene rings is 1. The second kappa shape index (κ2) is 7.79. The predicted octanol–water partition coefficient (Wildman–Crippen LogP) is 1.40. The molecule has 1 amide bonds. The van der Waals surface area contributed by atoms with Crippen molar-refractivity contribution in [1.29, 1.82) is 0 Å². The molecule has 0 radical (unpaired) electrons. The molecule has 1 aliphatic rings. The van der Waals surface area contributed by atoms with E-state index in [4.69, 9.17) is 9.47 Å². The fourth-order valence-electron chi connectivity index (χ4n) is 2.62. The molecule has 1 saturated heterocycles. The maximum absolute atomic E-state index is 12.2. The van der Waals surface area contributed by atoms with Crippen LogP contribution in [0.1, 0.15) is 29.3 Å². The van der Waals surface area contributed by atoms with E-state index in [1.54, 1.807) is 25.3 Å². The molecule has 6 nitrogen and oxygen atoms in total. The van der Waals surface area contributed by atoms with Gasteiger partial charge in [0, 0.05) is 24.3 Å². The zero-order valence-corrected chi connectivity index (χ0v) is 14.3. The van der Waals surface area contributed by atoms with Gasteiger partial charge in [0.1, 0.15) is 5.75 Å². The van der Waals surface area contributed by atoms with E-state index in [0.717, 1.165) is 5.56 Å². The fourth-order valence-corrected chi connectivity index (χ4v) is 4.48. The van der Waals surface area contributed by atoms with E-state index >= 15 is 0 Å². The van der Waals surface area contributed by atoms with E-state index in [1.165, 1.54) is 0 Å². The van der Waals surface area contributed by atoms with Gasteiger partial charge in [0.15, 0.2) is 9.84 Å². The minimum Gasteiger partial charge on any atom is -0.496 e. The minimum atomic E-state index is -2.92. The third-order valence-electron chi connectivity index (χ3n) is 3.88. The lowest BCUT2D eigenvalue weighted by Crippen LogP contribution is -2.29. The zero-order valence-electron chi connectivity index (χ0n) is 13.5. The Morgan fingerprint density at radius 1 is 1.39 bits per heavy atom. The van der Waals surface area contributed by atoms with Gasteiger partial charge in [0.2, 0.25) is 0 Å². The van der Waals surface area contributed by atoms with Crippen LogP contribution in [0.2, 0.25) is 0 Å². The van der Waals surface area contributed by atoms with Crippen LogP contribution in [-0.4, -0.2) is 46.1 Å². The predicted molar refractivity (Wildman–Crippen MR) is 87.4 cm³/mol. The van der Waals surface area contributed by atoms with Crippen molar-refractivity contribution in [2.45, 2.75) is 20.0 Å². The zero-order chi connectivity index (χ0) is 16.9. The smallest absolute Gasteiger partial charge is 0.251 e. The third-order valence-corrected chi connectivity index (χ3v) is 5.72. The normalized spacial score (nSPS) is 19.5. The average molecular weight is 341 g/mol. The molecule has 1 aromatic carbocycles. The minimum absolute atomic E-state index is 0.00472. The summed E-state index contributed by atoms with van der Waals surface area (Å²) in [7, 11) is -1.34. The van der Waals surface area contributed by atoms with E-state index in [-0.39, 0.29) is 23.3 Å². The van der Waals surface area contributed by atoms with Gasteiger partial charge in [0.25, 0.3) is 5.91 Å². The number of carbonyl (C=O) groups is 1. The van der Waals surface area contributed by atoms with Crippen LogP contribution in [0.3, 0.4) is 0 Å². The molecule has 2 rings (SSSR count). The summed E-state index contributed by atoms with van der Waals surface area (Å²) in [6.45, 7) is 3.24. The van der Waals surface area contributed by atoms with Crippen molar-refractivity contribution in [1.82, 2.24) is 5.32 Å². The van der Waals surface area contributed by atoms with Crippen LogP contribution in [0.4, 0.5) is 0 Å². The summed E-state index contributed by atoms with van der Waals surface area (Å²) in [5.41, 5.74) is 1.33. The molecule has 0 aromatic heterocycles. The molecule has 0 aliphatic carbocycles. The summed E-state index contributed by atoms with van der Waals surface area (Å²) in [4.78, 5) is 12.2. The Labute approximate surface area is 137 Å². The van der Waals surface area contributed by atoms with E-state index < -0.39 is 9.84 Å². The van der Waals surface area contributed by atoms with E-state index in [1.807, 2.05) is 6.92 Å². The number of sulfone groups is 1. The highest BCUT2D eigenvalue weighted by atomic mass is 32.2. The van der Waals surface area contributed by atoms with Crippen molar-refractivity contribution in [3.05, 3.63) is 29.3 Å². The lowest BCUT2D eigenvalue weighted by molar-refractivity contribution is 0.0947. The summed E-state index contributed by atoms with van der Waals surface area (Å²) < 4.78 is 33.5. The Balaban J connectivity index is 1.98. The number of hydrogen-bond donors (Lipinski definition) is 1. The number of rotatable bonds is 7. The summed E-state index contributed by atoms with van der Waals surface area (Å²) in [6.07, 6.45) is 0.612. The summed E-state index contributed by atoms with van der Waals surface area (Å²) in [6, 6.07) is 5.17. The quantitative estimate of drug-likeness (QED) is 0.811. The first-order chi connectivity index (χ1) is 10.9. The van der Waals surface area contributed by atoms with Crippen molar-refractivity contribution in [3.63, 3.8) is 0 Å². The van der Waals surface area contributed by atoms with E-state index in [2.05, 4.69) is 5.32 Å². The van der Waals surface area contributed by atoms with Crippen LogP contribution in [-0.2, 0) is 21.2 Å². The molecule has 1 heterocycles. The van der Waals surface area contributed by atoms with Crippen molar-refractivity contribution in [2.75, 3.05) is 31.8 Å². The third kappa shape index (κ3) is 4.94. The highest BCUT2D eigenvalue weighted by molar-refractivity contribution is 7.91. The molecule has 1 aliphatic heterocycles. The molecular formula is C16H23NO5S. The Morgan fingerprint density at radius 3 is 2.78 bits per heavy atom. The van der Waals surface area contributed by atoms with Gasteiger partial charge in [-0.2, -0.15) is 0 Å². The van der Waals surface area contributed by atoms with Gasteiger partial charge >= 0.3 is 0 Å². The second-order valence-electron chi connectivity index (χ2n) is 5.64. The molecular weight excluding hydrogens is 318 g/mol. The standard InChI is InChI=1S/C16H23NO5S/c1-3-22-10-14-8-13(4-5-15(14)21-2)16(18)17-9-12-6-7-23(19,20)11-12/h4-5,8,12H,3,6-7,9-11H2,1-2H3,(H,17,18)/t12-/m1/s1. The molecule has 0 spiro atoms. The van der Waals surface area contributed by atoms with E-state index in [9.17, 15) is 13.2 Å². The SMILES string of the molecule is CCOCc1cc(C(=O)NC[C@H]2CCS(=O)(=O)C2)ccc1OC. The van der Waals surface area contributed by atoms with Crippen LogP contribution in [0.15, 0.2) is 18.2 Å². The molecule has 1 N–H and O–H groups in total. The van der Waals surface area contributed by atoms with Crippen LogP contribution < -0.4 is 10.1 Å². The maximum Gasteiger partial charge on any atom is 0.251 e. The molecule has 0 saturated carbocycles. The van der Waals surface area contributed by atoms with Crippen LogP contribution >= 0.6 is 0 Å². The van der Waals surface area contributed by atoms with Gasteiger partial charge in [-0.3, -0.25) is 4.79 Å². The van der Waals surface area contributed by atoms with E-state index in [0.29, 0.717) is 37.5 Å². The summed E-state index contributed by atoms with van der Waals surface area (Å²) in [5.74, 6) is 0.844. The molecule has 0 unspecified atom stereocenters. The first-order valence-corrected chi connectivity index (χ1v) is 9.50. The topological polar surface area (TPSA) is 81.7 Å². The Kier molecular flexibility index (Phi) is 6.01. The number of methoxy groups -OCH3 is 1. The number of hydrogen-bond acceptors (Lipinski definition) is 5. The largest absolute Gasteiger partial charge is 0.496 e. The Morgan fingerprint density at radius 2 is 2.17 bits per heavy atom. The lowest BCUT2D eigenvalue weighted by Gasteiger charge is -2.12. The van der Waals surface area contributed by atoms with Gasteiger partial charge in [0.05, 0.1) is 25.2 Å². The highest BCUT2D eigenvalue weighted by Crippen LogP contribution is 2.21. The highest BCUT2D eigenvalue weighted by Gasteiger charge is 2.28. The maximum atomic E-state index is 12.2. The van der Waals surface area contributed by atoms with Crippen molar-refractivity contribution < 1.29 is 22.7 Å². The Bertz CT molecular complexity index is 656.